The molecule has 0 bridgehead atoms. The van der Waals surface area contributed by atoms with E-state index in [0.29, 0.717) is 0 Å². The highest BCUT2D eigenvalue weighted by Gasteiger charge is 2.04. The van der Waals surface area contributed by atoms with Crippen LogP contribution in [0, 0.1) is 27.7 Å². The Labute approximate surface area is 97.2 Å². The van der Waals surface area contributed by atoms with Crippen molar-refractivity contribution in [2.75, 3.05) is 0 Å². The Hall–Kier alpha value is -1.63. The Morgan fingerprint density at radius 2 is 1.56 bits per heavy atom. The van der Waals surface area contributed by atoms with E-state index < -0.39 is 0 Å². The molecule has 0 aliphatic carbocycles. The summed E-state index contributed by atoms with van der Waals surface area (Å²) in [6.45, 7) is 8.41. The van der Waals surface area contributed by atoms with E-state index >= 15 is 0 Å². The van der Waals surface area contributed by atoms with Crippen LogP contribution in [0.15, 0.2) is 30.3 Å². The second-order valence-corrected chi connectivity index (χ2v) is 4.49. The minimum Gasteiger partial charge on any atom is -0.253 e. The van der Waals surface area contributed by atoms with Crippen molar-refractivity contribution < 1.29 is 0 Å². The summed E-state index contributed by atoms with van der Waals surface area (Å²) in [5, 5.41) is 0. The lowest BCUT2D eigenvalue weighted by Gasteiger charge is -2.08. The number of aromatic nitrogens is 1. The molecule has 82 valence electrons. The Morgan fingerprint density at radius 1 is 0.812 bits per heavy atom. The van der Waals surface area contributed by atoms with Gasteiger partial charge in [0.25, 0.3) is 0 Å². The van der Waals surface area contributed by atoms with Gasteiger partial charge in [-0.1, -0.05) is 17.7 Å². The van der Waals surface area contributed by atoms with Gasteiger partial charge in [0.15, 0.2) is 0 Å². The minimum atomic E-state index is 1.08. The van der Waals surface area contributed by atoms with Gasteiger partial charge in [0.05, 0.1) is 5.69 Å². The minimum absolute atomic E-state index is 1.08. The van der Waals surface area contributed by atoms with Gasteiger partial charge in [-0.15, -0.1) is 0 Å². The van der Waals surface area contributed by atoms with Gasteiger partial charge in [0.1, 0.15) is 0 Å². The predicted octanol–water partition coefficient (Wildman–Crippen LogP) is 3.98. The van der Waals surface area contributed by atoms with Gasteiger partial charge < -0.3 is 0 Å². The normalized spacial score (nSPS) is 10.5. The van der Waals surface area contributed by atoms with E-state index in [1.54, 1.807) is 0 Å². The summed E-state index contributed by atoms with van der Waals surface area (Å²) in [6.07, 6.45) is 0. The summed E-state index contributed by atoms with van der Waals surface area (Å²) < 4.78 is 0. The van der Waals surface area contributed by atoms with E-state index in [4.69, 9.17) is 0 Å². The first-order valence-electron chi connectivity index (χ1n) is 5.59. The van der Waals surface area contributed by atoms with Gasteiger partial charge in [-0.3, -0.25) is 4.98 Å². The molecule has 0 saturated heterocycles. The molecule has 0 fully saturated rings. The average Bonchev–Trinajstić information content (AvgIpc) is 2.20. The quantitative estimate of drug-likeness (QED) is 0.695. The summed E-state index contributed by atoms with van der Waals surface area (Å²) in [5.41, 5.74) is 7.23. The third-order valence-corrected chi connectivity index (χ3v) is 2.77. The van der Waals surface area contributed by atoms with Crippen molar-refractivity contribution in [1.82, 2.24) is 4.98 Å². The maximum Gasteiger partial charge on any atom is 0.0710 e. The monoisotopic (exact) mass is 211 g/mol. The number of hydrogen-bond donors (Lipinski definition) is 0. The molecular formula is C15H17N. The third kappa shape index (κ3) is 2.13. The highest BCUT2D eigenvalue weighted by atomic mass is 14.7. The van der Waals surface area contributed by atoms with Gasteiger partial charge in [-0.05, 0) is 57.0 Å². The standard InChI is InChI=1S/C15H17N/c1-10-5-6-12(3)14(8-10)15-9-11(2)7-13(4)16-15/h5-9H,1-4H3. The van der Waals surface area contributed by atoms with E-state index in [0.717, 1.165) is 11.4 Å². The SMILES string of the molecule is Cc1cc(C)nc(-c2cc(C)ccc2C)c1. The van der Waals surface area contributed by atoms with Crippen molar-refractivity contribution in [3.8, 4) is 11.3 Å². The topological polar surface area (TPSA) is 12.9 Å². The van der Waals surface area contributed by atoms with E-state index in [-0.39, 0.29) is 0 Å². The molecular weight excluding hydrogens is 194 g/mol. The van der Waals surface area contributed by atoms with Crippen LogP contribution in [0.2, 0.25) is 0 Å². The number of aryl methyl sites for hydroxylation is 4. The van der Waals surface area contributed by atoms with Crippen LogP contribution in [-0.2, 0) is 0 Å². The molecule has 2 aromatic rings. The predicted molar refractivity (Wildman–Crippen MR) is 68.6 cm³/mol. The zero-order chi connectivity index (χ0) is 11.7. The molecule has 0 amide bonds. The Kier molecular flexibility index (Phi) is 2.78. The molecule has 1 heteroatoms. The summed E-state index contributed by atoms with van der Waals surface area (Å²) in [5.74, 6) is 0. The Balaban J connectivity index is 2.62. The van der Waals surface area contributed by atoms with Crippen LogP contribution in [0.4, 0.5) is 0 Å². The van der Waals surface area contributed by atoms with Crippen molar-refractivity contribution in [3.63, 3.8) is 0 Å². The van der Waals surface area contributed by atoms with Crippen molar-refractivity contribution in [1.29, 1.82) is 0 Å². The van der Waals surface area contributed by atoms with Gasteiger partial charge in [0.2, 0.25) is 0 Å². The molecule has 0 radical (unpaired) electrons. The van der Waals surface area contributed by atoms with Crippen LogP contribution in [0.1, 0.15) is 22.4 Å². The summed E-state index contributed by atoms with van der Waals surface area (Å²) >= 11 is 0. The van der Waals surface area contributed by atoms with E-state index in [2.05, 4.69) is 56.1 Å². The average molecular weight is 211 g/mol. The second-order valence-electron chi connectivity index (χ2n) is 4.49. The highest BCUT2D eigenvalue weighted by Crippen LogP contribution is 2.23. The second kappa shape index (κ2) is 4.09. The van der Waals surface area contributed by atoms with Crippen LogP contribution in [0.25, 0.3) is 11.3 Å². The summed E-state index contributed by atoms with van der Waals surface area (Å²) in [4.78, 5) is 4.61. The smallest absolute Gasteiger partial charge is 0.0710 e. The fourth-order valence-electron chi connectivity index (χ4n) is 1.99. The lowest BCUT2D eigenvalue weighted by molar-refractivity contribution is 1.17. The third-order valence-electron chi connectivity index (χ3n) is 2.77. The molecule has 0 unspecified atom stereocenters. The molecule has 1 aromatic carbocycles. The first-order chi connectivity index (χ1) is 7.56. The fourth-order valence-corrected chi connectivity index (χ4v) is 1.99. The molecule has 0 N–H and O–H groups in total. The summed E-state index contributed by atoms with van der Waals surface area (Å²) in [7, 11) is 0. The Morgan fingerprint density at radius 3 is 2.25 bits per heavy atom. The maximum atomic E-state index is 4.61. The molecule has 0 aliphatic heterocycles. The maximum absolute atomic E-state index is 4.61. The number of nitrogens with zero attached hydrogens (tertiary/aromatic N) is 1. The van der Waals surface area contributed by atoms with E-state index in [1.807, 2.05) is 6.92 Å². The number of rotatable bonds is 1. The molecule has 0 spiro atoms. The van der Waals surface area contributed by atoms with Crippen LogP contribution >= 0.6 is 0 Å². The lowest BCUT2D eigenvalue weighted by atomic mass is 10.0. The lowest BCUT2D eigenvalue weighted by Crippen LogP contribution is -1.91. The first kappa shape index (κ1) is 10.9. The van der Waals surface area contributed by atoms with Crippen molar-refractivity contribution >= 4 is 0 Å². The van der Waals surface area contributed by atoms with Gasteiger partial charge in [-0.25, -0.2) is 0 Å². The van der Waals surface area contributed by atoms with Gasteiger partial charge >= 0.3 is 0 Å². The van der Waals surface area contributed by atoms with Crippen molar-refractivity contribution in [2.24, 2.45) is 0 Å². The number of pyridine rings is 1. The molecule has 1 heterocycles. The molecule has 16 heavy (non-hydrogen) atoms. The van der Waals surface area contributed by atoms with Crippen LogP contribution in [0.3, 0.4) is 0 Å². The van der Waals surface area contributed by atoms with Crippen LogP contribution < -0.4 is 0 Å². The molecule has 0 atom stereocenters. The Bertz CT molecular complexity index is 507. The number of benzene rings is 1. The molecule has 0 aliphatic rings. The van der Waals surface area contributed by atoms with Crippen molar-refractivity contribution in [2.45, 2.75) is 27.7 Å². The first-order valence-corrected chi connectivity index (χ1v) is 5.59. The van der Waals surface area contributed by atoms with Crippen molar-refractivity contribution in [3.05, 3.63) is 52.7 Å². The van der Waals surface area contributed by atoms with Crippen LogP contribution in [0.5, 0.6) is 0 Å². The highest BCUT2D eigenvalue weighted by molar-refractivity contribution is 5.65. The van der Waals surface area contributed by atoms with E-state index in [9.17, 15) is 0 Å². The zero-order valence-corrected chi connectivity index (χ0v) is 10.3. The zero-order valence-electron chi connectivity index (χ0n) is 10.3. The molecule has 0 saturated carbocycles. The van der Waals surface area contributed by atoms with Gasteiger partial charge in [-0.2, -0.15) is 0 Å². The number of hydrogen-bond acceptors (Lipinski definition) is 1. The van der Waals surface area contributed by atoms with Gasteiger partial charge in [0, 0.05) is 11.3 Å². The largest absolute Gasteiger partial charge is 0.253 e. The summed E-state index contributed by atoms with van der Waals surface area (Å²) in [6, 6.07) is 10.8. The molecule has 1 nitrogen and oxygen atoms in total. The van der Waals surface area contributed by atoms with Crippen LogP contribution in [-0.4, -0.2) is 4.98 Å². The molecule has 2 rings (SSSR count). The fraction of sp³-hybridized carbons (Fsp3) is 0.267. The van der Waals surface area contributed by atoms with E-state index in [1.165, 1.54) is 22.3 Å². The molecule has 1 aromatic heterocycles.